The van der Waals surface area contributed by atoms with E-state index in [-0.39, 0.29) is 17.7 Å². The predicted molar refractivity (Wildman–Crippen MR) is 105 cm³/mol. The minimum Gasteiger partial charge on any atom is -0.497 e. The van der Waals surface area contributed by atoms with Gasteiger partial charge in [-0.15, -0.1) is 0 Å². The highest BCUT2D eigenvalue weighted by Crippen LogP contribution is 2.29. The number of ether oxygens (including phenoxy) is 2. The molecule has 0 fully saturated rings. The number of rotatable bonds is 8. The summed E-state index contributed by atoms with van der Waals surface area (Å²) in [7, 11) is -0.213. The Morgan fingerprint density at radius 1 is 1.07 bits per heavy atom. The summed E-state index contributed by atoms with van der Waals surface area (Å²) in [6.45, 7) is 3.40. The number of amides is 1. The minimum atomic E-state index is -3.35. The second-order valence-electron chi connectivity index (χ2n) is 5.89. The van der Waals surface area contributed by atoms with Crippen LogP contribution in [0, 0.1) is 0 Å². The van der Waals surface area contributed by atoms with Crippen molar-refractivity contribution in [1.82, 2.24) is 5.32 Å². The topological polar surface area (TPSA) is 93.7 Å². The monoisotopic (exact) mass is 392 g/mol. The highest BCUT2D eigenvalue weighted by molar-refractivity contribution is 7.92. The smallest absolute Gasteiger partial charge is 0.251 e. The zero-order chi connectivity index (χ0) is 20.0. The Hall–Kier alpha value is -2.74. The van der Waals surface area contributed by atoms with Crippen molar-refractivity contribution in [1.29, 1.82) is 0 Å². The fraction of sp³-hybridized carbons (Fsp3) is 0.316. The van der Waals surface area contributed by atoms with Crippen molar-refractivity contribution in [3.63, 3.8) is 0 Å². The number of benzene rings is 2. The molecule has 0 saturated heterocycles. The van der Waals surface area contributed by atoms with Crippen LogP contribution in [0.4, 0.5) is 5.69 Å². The lowest BCUT2D eigenvalue weighted by Gasteiger charge is -2.18. The fourth-order valence-electron chi connectivity index (χ4n) is 2.48. The maximum absolute atomic E-state index is 12.5. The summed E-state index contributed by atoms with van der Waals surface area (Å²) in [5, 5.41) is 2.90. The maximum atomic E-state index is 12.5. The molecule has 0 radical (unpaired) electrons. The molecule has 27 heavy (non-hydrogen) atoms. The van der Waals surface area contributed by atoms with Crippen molar-refractivity contribution in [2.75, 3.05) is 24.7 Å². The molecule has 0 aromatic heterocycles. The zero-order valence-electron chi connectivity index (χ0n) is 15.8. The highest BCUT2D eigenvalue weighted by Gasteiger charge is 2.16. The molecule has 2 aromatic rings. The Kier molecular flexibility index (Phi) is 6.68. The third-order valence-electron chi connectivity index (χ3n) is 4.05. The van der Waals surface area contributed by atoms with Crippen molar-refractivity contribution in [2.45, 2.75) is 19.9 Å². The first kappa shape index (κ1) is 20.6. The van der Waals surface area contributed by atoms with Gasteiger partial charge in [-0.25, -0.2) is 8.42 Å². The van der Waals surface area contributed by atoms with Gasteiger partial charge in [0.05, 0.1) is 26.0 Å². The minimum absolute atomic E-state index is 0.0187. The number of carbonyl (C=O) groups is 1. The van der Waals surface area contributed by atoms with Gasteiger partial charge >= 0.3 is 0 Å². The van der Waals surface area contributed by atoms with Gasteiger partial charge in [-0.3, -0.25) is 9.52 Å². The third-order valence-corrected chi connectivity index (χ3v) is 5.36. The largest absolute Gasteiger partial charge is 0.497 e. The number of hydrogen-bond acceptors (Lipinski definition) is 5. The summed E-state index contributed by atoms with van der Waals surface area (Å²) in [5.74, 6) is 1.01. The first-order valence-corrected chi connectivity index (χ1v) is 10.1. The van der Waals surface area contributed by atoms with E-state index < -0.39 is 10.0 Å². The normalized spacial score (nSPS) is 12.1. The number of anilines is 1. The summed E-state index contributed by atoms with van der Waals surface area (Å²) >= 11 is 0. The average Bonchev–Trinajstić information content (AvgIpc) is 2.67. The third kappa shape index (κ3) is 5.37. The standard InChI is InChI=1S/C19H24N2O5S/c1-5-27(23,24)21-15-8-6-14(7-9-15)19(22)20-13(2)17-12-16(25-3)10-11-18(17)26-4/h6-13,21H,5H2,1-4H3,(H,20,22)/t13-/m0/s1. The van der Waals surface area contributed by atoms with Crippen molar-refractivity contribution in [2.24, 2.45) is 0 Å². The van der Waals surface area contributed by atoms with E-state index in [0.717, 1.165) is 5.56 Å². The summed E-state index contributed by atoms with van der Waals surface area (Å²) in [5.41, 5.74) is 1.62. The quantitative estimate of drug-likeness (QED) is 0.720. The number of hydrogen-bond donors (Lipinski definition) is 2. The van der Waals surface area contributed by atoms with Gasteiger partial charge in [0, 0.05) is 16.8 Å². The molecule has 0 aliphatic rings. The maximum Gasteiger partial charge on any atom is 0.251 e. The van der Waals surface area contributed by atoms with Crippen LogP contribution in [-0.4, -0.2) is 34.3 Å². The Labute approximate surface area is 159 Å². The van der Waals surface area contributed by atoms with E-state index in [1.54, 1.807) is 57.5 Å². The van der Waals surface area contributed by atoms with Gasteiger partial charge in [0.1, 0.15) is 11.5 Å². The molecule has 0 unspecified atom stereocenters. The molecule has 0 aliphatic carbocycles. The van der Waals surface area contributed by atoms with Crippen LogP contribution in [0.15, 0.2) is 42.5 Å². The Morgan fingerprint density at radius 2 is 1.74 bits per heavy atom. The fourth-order valence-corrected chi connectivity index (χ4v) is 3.12. The molecule has 0 saturated carbocycles. The zero-order valence-corrected chi connectivity index (χ0v) is 16.6. The van der Waals surface area contributed by atoms with Gasteiger partial charge in [-0.1, -0.05) is 0 Å². The van der Waals surface area contributed by atoms with E-state index in [1.165, 1.54) is 0 Å². The summed E-state index contributed by atoms with van der Waals surface area (Å²) in [4.78, 5) is 12.5. The Bertz CT molecular complexity index is 895. The van der Waals surface area contributed by atoms with Crippen LogP contribution >= 0.6 is 0 Å². The molecule has 7 nitrogen and oxygen atoms in total. The van der Waals surface area contributed by atoms with Crippen LogP contribution in [0.25, 0.3) is 0 Å². The first-order chi connectivity index (χ1) is 12.8. The van der Waals surface area contributed by atoms with Gasteiger partial charge in [-0.05, 0) is 56.3 Å². The molecule has 2 rings (SSSR count). The van der Waals surface area contributed by atoms with E-state index in [2.05, 4.69) is 10.0 Å². The van der Waals surface area contributed by atoms with Crippen LogP contribution < -0.4 is 19.5 Å². The Balaban J connectivity index is 2.13. The predicted octanol–water partition coefficient (Wildman–Crippen LogP) is 2.96. The van der Waals surface area contributed by atoms with Crippen molar-refractivity contribution in [3.05, 3.63) is 53.6 Å². The van der Waals surface area contributed by atoms with Gasteiger partial charge in [0.15, 0.2) is 0 Å². The molecule has 146 valence electrons. The van der Waals surface area contributed by atoms with Crippen LogP contribution in [0.1, 0.15) is 35.8 Å². The van der Waals surface area contributed by atoms with E-state index in [4.69, 9.17) is 9.47 Å². The molecule has 2 aromatic carbocycles. The number of carbonyl (C=O) groups excluding carboxylic acids is 1. The molecule has 0 aliphatic heterocycles. The lowest BCUT2D eigenvalue weighted by atomic mass is 10.1. The van der Waals surface area contributed by atoms with E-state index in [0.29, 0.717) is 22.7 Å². The molecular weight excluding hydrogens is 368 g/mol. The van der Waals surface area contributed by atoms with E-state index in [1.807, 2.05) is 13.0 Å². The van der Waals surface area contributed by atoms with E-state index >= 15 is 0 Å². The summed E-state index contributed by atoms with van der Waals surface area (Å²) < 4.78 is 36.2. The number of methoxy groups -OCH3 is 2. The molecule has 0 heterocycles. The molecule has 0 spiro atoms. The summed E-state index contributed by atoms with van der Waals surface area (Å²) in [6, 6.07) is 11.3. The summed E-state index contributed by atoms with van der Waals surface area (Å²) in [6.07, 6.45) is 0. The van der Waals surface area contributed by atoms with Crippen LogP contribution in [-0.2, 0) is 10.0 Å². The number of sulfonamides is 1. The van der Waals surface area contributed by atoms with Crippen molar-refractivity contribution in [3.8, 4) is 11.5 Å². The highest BCUT2D eigenvalue weighted by atomic mass is 32.2. The second kappa shape index (κ2) is 8.77. The molecule has 0 bridgehead atoms. The van der Waals surface area contributed by atoms with E-state index in [9.17, 15) is 13.2 Å². The van der Waals surface area contributed by atoms with Crippen LogP contribution in [0.5, 0.6) is 11.5 Å². The average molecular weight is 392 g/mol. The van der Waals surface area contributed by atoms with Crippen molar-refractivity contribution >= 4 is 21.6 Å². The Morgan fingerprint density at radius 3 is 2.30 bits per heavy atom. The molecular formula is C19H24N2O5S. The lowest BCUT2D eigenvalue weighted by molar-refractivity contribution is 0.0939. The lowest BCUT2D eigenvalue weighted by Crippen LogP contribution is -2.27. The van der Waals surface area contributed by atoms with Crippen LogP contribution in [0.2, 0.25) is 0 Å². The van der Waals surface area contributed by atoms with Gasteiger partial charge in [0.2, 0.25) is 10.0 Å². The first-order valence-electron chi connectivity index (χ1n) is 8.43. The molecule has 8 heteroatoms. The van der Waals surface area contributed by atoms with Crippen molar-refractivity contribution < 1.29 is 22.7 Å². The number of nitrogens with one attached hydrogen (secondary N) is 2. The molecule has 1 atom stereocenters. The SMILES string of the molecule is CCS(=O)(=O)Nc1ccc(C(=O)N[C@@H](C)c2cc(OC)ccc2OC)cc1. The second-order valence-corrected chi connectivity index (χ2v) is 7.90. The van der Waals surface area contributed by atoms with Gasteiger partial charge < -0.3 is 14.8 Å². The molecule has 1 amide bonds. The molecule has 2 N–H and O–H groups in total. The van der Waals surface area contributed by atoms with Gasteiger partial charge in [0.25, 0.3) is 5.91 Å². The van der Waals surface area contributed by atoms with Gasteiger partial charge in [-0.2, -0.15) is 0 Å². The van der Waals surface area contributed by atoms with Crippen LogP contribution in [0.3, 0.4) is 0 Å².